The first-order valence-corrected chi connectivity index (χ1v) is 4.53. The minimum atomic E-state index is -0.117. The van der Waals surface area contributed by atoms with Crippen LogP contribution in [0.4, 0.5) is 0 Å². The number of H-pyrrole nitrogens is 1. The Morgan fingerprint density at radius 2 is 1.85 bits per heavy atom. The molecular weight excluding hydrogens is 166 g/mol. The number of hydrogen-bond acceptors (Lipinski definition) is 2. The number of ketones is 1. The average molecular weight is 177 g/mol. The summed E-state index contributed by atoms with van der Waals surface area (Å²) < 4.78 is 0. The number of carbonyl (C=O) groups excluding carboxylic acids is 1. The van der Waals surface area contributed by atoms with E-state index in [1.54, 1.807) is 6.07 Å². The first-order valence-electron chi connectivity index (χ1n) is 4.53. The molecule has 0 saturated carbocycles. The highest BCUT2D eigenvalue weighted by Crippen LogP contribution is 2.16. The van der Waals surface area contributed by atoms with Crippen LogP contribution in [0.2, 0.25) is 0 Å². The highest BCUT2D eigenvalue weighted by atomic mass is 16.1. The zero-order chi connectivity index (χ0) is 9.26. The van der Waals surface area contributed by atoms with Gasteiger partial charge in [0.2, 0.25) is 5.56 Å². The fourth-order valence-electron chi connectivity index (χ4n) is 1.70. The van der Waals surface area contributed by atoms with Crippen LogP contribution in [0.25, 0.3) is 0 Å². The Labute approximate surface area is 75.8 Å². The van der Waals surface area contributed by atoms with Crippen LogP contribution in [0.15, 0.2) is 16.9 Å². The number of aryl methyl sites for hydroxylation is 1. The summed E-state index contributed by atoms with van der Waals surface area (Å²) in [7, 11) is 0. The molecule has 1 N–H and O–H groups in total. The second kappa shape index (κ2) is 3.17. The van der Waals surface area contributed by atoms with E-state index in [0.29, 0.717) is 12.0 Å². The van der Waals surface area contributed by atoms with Crippen molar-refractivity contribution in [2.45, 2.75) is 25.7 Å². The molecule has 1 heterocycles. The molecule has 1 aliphatic rings. The summed E-state index contributed by atoms with van der Waals surface area (Å²) in [5.41, 5.74) is 1.40. The fourth-order valence-corrected chi connectivity index (χ4v) is 1.70. The first-order chi connectivity index (χ1) is 6.27. The smallest absolute Gasteiger partial charge is 0.248 e. The minimum absolute atomic E-state index is 0.117. The Balaban J connectivity index is 2.54. The number of pyridine rings is 1. The van der Waals surface area contributed by atoms with Gasteiger partial charge in [-0.3, -0.25) is 9.59 Å². The Kier molecular flexibility index (Phi) is 2.00. The van der Waals surface area contributed by atoms with Crippen LogP contribution in [0.3, 0.4) is 0 Å². The molecule has 0 unspecified atom stereocenters. The number of fused-ring (bicyclic) bond motifs is 1. The van der Waals surface area contributed by atoms with Crippen LogP contribution in [0.5, 0.6) is 0 Å². The van der Waals surface area contributed by atoms with Crippen molar-refractivity contribution >= 4 is 5.78 Å². The van der Waals surface area contributed by atoms with E-state index in [2.05, 4.69) is 4.98 Å². The monoisotopic (exact) mass is 177 g/mol. The predicted octanol–water partition coefficient (Wildman–Crippen LogP) is 1.28. The number of hydrogen-bond donors (Lipinski definition) is 1. The predicted molar refractivity (Wildman–Crippen MR) is 48.9 cm³/mol. The van der Waals surface area contributed by atoms with Gasteiger partial charge in [0, 0.05) is 23.7 Å². The number of rotatable bonds is 0. The fraction of sp³-hybridized carbons (Fsp3) is 0.400. The number of Topliss-reactive ketones (excluding diaryl/α,β-unsaturated/α-hetero) is 1. The zero-order valence-corrected chi connectivity index (χ0v) is 7.30. The average Bonchev–Trinajstić information content (AvgIpc) is 2.28. The summed E-state index contributed by atoms with van der Waals surface area (Å²) in [6, 6.07) is 3.06. The molecule has 0 aromatic carbocycles. The summed E-state index contributed by atoms with van der Waals surface area (Å²) in [4.78, 5) is 25.2. The molecule has 13 heavy (non-hydrogen) atoms. The van der Waals surface area contributed by atoms with Gasteiger partial charge in [-0.25, -0.2) is 0 Å². The van der Waals surface area contributed by atoms with E-state index in [4.69, 9.17) is 0 Å². The van der Waals surface area contributed by atoms with E-state index in [1.807, 2.05) is 0 Å². The van der Waals surface area contributed by atoms with Crippen molar-refractivity contribution in [2.75, 3.05) is 0 Å². The van der Waals surface area contributed by atoms with E-state index in [9.17, 15) is 9.59 Å². The SMILES string of the molecule is O=C1CCCCc2[nH]c(=O)ccc21. The Morgan fingerprint density at radius 1 is 1.08 bits per heavy atom. The molecule has 0 spiro atoms. The molecule has 3 heteroatoms. The molecule has 68 valence electrons. The van der Waals surface area contributed by atoms with Gasteiger partial charge in [-0.05, 0) is 25.3 Å². The van der Waals surface area contributed by atoms with Crippen LogP contribution < -0.4 is 5.56 Å². The van der Waals surface area contributed by atoms with Gasteiger partial charge in [-0.1, -0.05) is 0 Å². The zero-order valence-electron chi connectivity index (χ0n) is 7.30. The molecule has 1 aromatic rings. The summed E-state index contributed by atoms with van der Waals surface area (Å²) >= 11 is 0. The number of aromatic amines is 1. The van der Waals surface area contributed by atoms with Gasteiger partial charge in [0.1, 0.15) is 0 Å². The van der Waals surface area contributed by atoms with Crippen molar-refractivity contribution in [1.82, 2.24) is 4.98 Å². The molecule has 3 nitrogen and oxygen atoms in total. The molecule has 0 amide bonds. The van der Waals surface area contributed by atoms with Crippen LogP contribution >= 0.6 is 0 Å². The van der Waals surface area contributed by atoms with Crippen LogP contribution in [0.1, 0.15) is 35.3 Å². The van der Waals surface area contributed by atoms with Gasteiger partial charge in [0.05, 0.1) is 0 Å². The first kappa shape index (κ1) is 8.23. The molecule has 0 fully saturated rings. The third kappa shape index (κ3) is 1.54. The third-order valence-electron chi connectivity index (χ3n) is 2.38. The van der Waals surface area contributed by atoms with Gasteiger partial charge in [-0.2, -0.15) is 0 Å². The molecule has 0 aliphatic heterocycles. The standard InChI is InChI=1S/C10H11NO2/c12-9-4-2-1-3-8-7(9)5-6-10(13)11-8/h5-6H,1-4H2,(H,11,13). The lowest BCUT2D eigenvalue weighted by Gasteiger charge is -2.01. The highest BCUT2D eigenvalue weighted by molar-refractivity contribution is 5.97. The Hall–Kier alpha value is -1.38. The summed E-state index contributed by atoms with van der Waals surface area (Å²) in [5, 5.41) is 0. The molecule has 0 radical (unpaired) electrons. The molecule has 2 rings (SSSR count). The lowest BCUT2D eigenvalue weighted by Crippen LogP contribution is -2.11. The van der Waals surface area contributed by atoms with Crippen molar-refractivity contribution < 1.29 is 4.79 Å². The Bertz CT molecular complexity index is 392. The molecule has 1 aliphatic carbocycles. The minimum Gasteiger partial charge on any atom is -0.325 e. The second-order valence-electron chi connectivity index (χ2n) is 3.35. The second-order valence-corrected chi connectivity index (χ2v) is 3.35. The van der Waals surface area contributed by atoms with E-state index < -0.39 is 0 Å². The molecular formula is C10H11NO2. The quantitative estimate of drug-likeness (QED) is 0.607. The van der Waals surface area contributed by atoms with Gasteiger partial charge in [0.25, 0.3) is 0 Å². The number of aromatic nitrogens is 1. The van der Waals surface area contributed by atoms with E-state index >= 15 is 0 Å². The molecule has 0 saturated heterocycles. The maximum Gasteiger partial charge on any atom is 0.248 e. The highest BCUT2D eigenvalue weighted by Gasteiger charge is 2.15. The molecule has 0 atom stereocenters. The summed E-state index contributed by atoms with van der Waals surface area (Å²) in [6.07, 6.45) is 3.34. The van der Waals surface area contributed by atoms with E-state index in [0.717, 1.165) is 25.0 Å². The van der Waals surface area contributed by atoms with Crippen molar-refractivity contribution in [3.8, 4) is 0 Å². The summed E-state index contributed by atoms with van der Waals surface area (Å²) in [6.45, 7) is 0. The van der Waals surface area contributed by atoms with Gasteiger partial charge in [-0.15, -0.1) is 0 Å². The number of nitrogens with one attached hydrogen (secondary N) is 1. The van der Waals surface area contributed by atoms with E-state index in [1.165, 1.54) is 6.07 Å². The van der Waals surface area contributed by atoms with Crippen molar-refractivity contribution in [3.63, 3.8) is 0 Å². The van der Waals surface area contributed by atoms with Crippen LogP contribution in [-0.2, 0) is 6.42 Å². The van der Waals surface area contributed by atoms with Crippen LogP contribution in [0, 0.1) is 0 Å². The summed E-state index contributed by atoms with van der Waals surface area (Å²) in [5.74, 6) is 0.156. The van der Waals surface area contributed by atoms with E-state index in [-0.39, 0.29) is 11.3 Å². The lowest BCUT2D eigenvalue weighted by molar-refractivity contribution is 0.0981. The van der Waals surface area contributed by atoms with Gasteiger partial charge < -0.3 is 4.98 Å². The van der Waals surface area contributed by atoms with Crippen molar-refractivity contribution in [1.29, 1.82) is 0 Å². The maximum atomic E-state index is 11.5. The lowest BCUT2D eigenvalue weighted by atomic mass is 10.1. The van der Waals surface area contributed by atoms with Crippen molar-refractivity contribution in [3.05, 3.63) is 33.7 Å². The van der Waals surface area contributed by atoms with Crippen LogP contribution in [-0.4, -0.2) is 10.8 Å². The number of carbonyl (C=O) groups is 1. The third-order valence-corrected chi connectivity index (χ3v) is 2.38. The Morgan fingerprint density at radius 3 is 2.69 bits per heavy atom. The largest absolute Gasteiger partial charge is 0.325 e. The van der Waals surface area contributed by atoms with Gasteiger partial charge in [0.15, 0.2) is 5.78 Å². The van der Waals surface area contributed by atoms with Gasteiger partial charge >= 0.3 is 0 Å². The molecule has 0 bridgehead atoms. The topological polar surface area (TPSA) is 49.9 Å². The maximum absolute atomic E-state index is 11.5. The normalized spacial score (nSPS) is 16.5. The van der Waals surface area contributed by atoms with Crippen molar-refractivity contribution in [2.24, 2.45) is 0 Å². The molecule has 1 aromatic heterocycles.